The summed E-state index contributed by atoms with van der Waals surface area (Å²) < 4.78 is 4.61. The van der Waals surface area contributed by atoms with Gasteiger partial charge in [-0.15, -0.1) is 0 Å². The first-order valence-electron chi connectivity index (χ1n) is 6.17. The predicted molar refractivity (Wildman–Crippen MR) is 70.9 cm³/mol. The molecule has 0 bridgehead atoms. The van der Waals surface area contributed by atoms with Crippen LogP contribution < -0.4 is 10.6 Å². The number of rotatable bonds is 6. The minimum Gasteiger partial charge on any atom is -0.385 e. The van der Waals surface area contributed by atoms with Crippen LogP contribution in [0.4, 0.5) is 5.69 Å². The first-order valence-corrected chi connectivity index (χ1v) is 6.17. The fourth-order valence-corrected chi connectivity index (χ4v) is 1.64. The van der Waals surface area contributed by atoms with Crippen LogP contribution in [0, 0.1) is 0 Å². The van der Waals surface area contributed by atoms with Crippen molar-refractivity contribution >= 4 is 11.6 Å². The lowest BCUT2D eigenvalue weighted by molar-refractivity contribution is 0.0954. The summed E-state index contributed by atoms with van der Waals surface area (Å²) in [4.78, 5) is 15.7. The maximum Gasteiger partial charge on any atom is 0.251 e. The fraction of sp³-hybridized carbons (Fsp3) is 0.308. The standard InChI is InChI=1S/C13H16N4O2/c1-2-14-11-5-3-10(4-6-11)13(18)15-8-7-12-16-9-19-17-12/h3-6,9,14H,2,7-8H2,1H3,(H,15,18). The molecule has 0 aliphatic carbocycles. The number of aromatic nitrogens is 2. The van der Waals surface area contributed by atoms with Gasteiger partial charge in [0.25, 0.3) is 5.91 Å². The SMILES string of the molecule is CCNc1ccc(C(=O)NCCc2ncon2)cc1. The molecule has 1 heterocycles. The summed E-state index contributed by atoms with van der Waals surface area (Å²) in [6.07, 6.45) is 1.83. The van der Waals surface area contributed by atoms with Crippen molar-refractivity contribution in [1.29, 1.82) is 0 Å². The van der Waals surface area contributed by atoms with E-state index in [1.165, 1.54) is 6.39 Å². The van der Waals surface area contributed by atoms with E-state index in [1.807, 2.05) is 19.1 Å². The summed E-state index contributed by atoms with van der Waals surface area (Å²) in [6.45, 7) is 3.36. The Balaban J connectivity index is 1.82. The van der Waals surface area contributed by atoms with Crippen LogP contribution in [-0.4, -0.2) is 29.1 Å². The highest BCUT2D eigenvalue weighted by Crippen LogP contribution is 2.08. The summed E-state index contributed by atoms with van der Waals surface area (Å²) >= 11 is 0. The number of benzene rings is 1. The van der Waals surface area contributed by atoms with Crippen LogP contribution in [0.25, 0.3) is 0 Å². The first kappa shape index (κ1) is 13.1. The molecule has 1 aromatic heterocycles. The molecule has 6 nitrogen and oxygen atoms in total. The van der Waals surface area contributed by atoms with E-state index >= 15 is 0 Å². The molecule has 0 spiro atoms. The summed E-state index contributed by atoms with van der Waals surface area (Å²) in [5.41, 5.74) is 1.64. The Labute approximate surface area is 111 Å². The van der Waals surface area contributed by atoms with Gasteiger partial charge in [-0.2, -0.15) is 4.98 Å². The van der Waals surface area contributed by atoms with Crippen LogP contribution >= 0.6 is 0 Å². The predicted octanol–water partition coefficient (Wildman–Crippen LogP) is 1.47. The molecule has 1 amide bonds. The minimum atomic E-state index is -0.105. The zero-order chi connectivity index (χ0) is 13.5. The second kappa shape index (κ2) is 6.53. The van der Waals surface area contributed by atoms with Gasteiger partial charge in [-0.05, 0) is 31.2 Å². The van der Waals surface area contributed by atoms with Crippen molar-refractivity contribution in [3.63, 3.8) is 0 Å². The lowest BCUT2D eigenvalue weighted by atomic mass is 10.2. The maximum atomic E-state index is 11.8. The third kappa shape index (κ3) is 3.80. The van der Waals surface area contributed by atoms with Gasteiger partial charge in [0, 0.05) is 30.8 Å². The monoisotopic (exact) mass is 260 g/mol. The molecule has 1 aromatic carbocycles. The second-order valence-electron chi connectivity index (χ2n) is 3.96. The Kier molecular flexibility index (Phi) is 4.49. The summed E-state index contributed by atoms with van der Waals surface area (Å²) in [5.74, 6) is 0.481. The number of hydrogen-bond donors (Lipinski definition) is 2. The molecule has 0 saturated carbocycles. The number of hydrogen-bond acceptors (Lipinski definition) is 5. The molecule has 0 saturated heterocycles. The van der Waals surface area contributed by atoms with E-state index in [2.05, 4.69) is 25.3 Å². The van der Waals surface area contributed by atoms with E-state index in [4.69, 9.17) is 0 Å². The maximum absolute atomic E-state index is 11.8. The second-order valence-corrected chi connectivity index (χ2v) is 3.96. The van der Waals surface area contributed by atoms with Gasteiger partial charge >= 0.3 is 0 Å². The van der Waals surface area contributed by atoms with E-state index < -0.39 is 0 Å². The van der Waals surface area contributed by atoms with E-state index in [0.29, 0.717) is 24.4 Å². The molecule has 19 heavy (non-hydrogen) atoms. The van der Waals surface area contributed by atoms with Crippen LogP contribution in [0.1, 0.15) is 23.1 Å². The third-order valence-electron chi connectivity index (χ3n) is 2.57. The van der Waals surface area contributed by atoms with Gasteiger partial charge in [0.2, 0.25) is 6.39 Å². The zero-order valence-electron chi connectivity index (χ0n) is 10.7. The van der Waals surface area contributed by atoms with Crippen molar-refractivity contribution in [2.45, 2.75) is 13.3 Å². The molecule has 0 atom stereocenters. The Morgan fingerprint density at radius 3 is 2.74 bits per heavy atom. The molecular weight excluding hydrogens is 244 g/mol. The summed E-state index contributed by atoms with van der Waals surface area (Å²) in [5, 5.41) is 9.66. The van der Waals surface area contributed by atoms with Gasteiger partial charge in [-0.3, -0.25) is 4.79 Å². The van der Waals surface area contributed by atoms with Gasteiger partial charge in [-0.25, -0.2) is 0 Å². The summed E-state index contributed by atoms with van der Waals surface area (Å²) in [6, 6.07) is 7.36. The molecule has 0 radical (unpaired) electrons. The molecule has 100 valence electrons. The smallest absolute Gasteiger partial charge is 0.251 e. The highest BCUT2D eigenvalue weighted by molar-refractivity contribution is 5.94. The Morgan fingerprint density at radius 2 is 2.11 bits per heavy atom. The fourth-order valence-electron chi connectivity index (χ4n) is 1.64. The average molecular weight is 260 g/mol. The molecule has 0 fully saturated rings. The molecule has 0 unspecified atom stereocenters. The number of anilines is 1. The lowest BCUT2D eigenvalue weighted by Crippen LogP contribution is -2.25. The number of carbonyl (C=O) groups excluding carboxylic acids is 1. The van der Waals surface area contributed by atoms with Crippen LogP contribution in [0.5, 0.6) is 0 Å². The van der Waals surface area contributed by atoms with Crippen molar-refractivity contribution in [2.24, 2.45) is 0 Å². The van der Waals surface area contributed by atoms with Crippen molar-refractivity contribution in [2.75, 3.05) is 18.4 Å². The Bertz CT molecular complexity index is 508. The van der Waals surface area contributed by atoms with E-state index in [-0.39, 0.29) is 5.91 Å². The van der Waals surface area contributed by atoms with Crippen LogP contribution in [0.3, 0.4) is 0 Å². The highest BCUT2D eigenvalue weighted by Gasteiger charge is 2.05. The number of carbonyl (C=O) groups is 1. The largest absolute Gasteiger partial charge is 0.385 e. The van der Waals surface area contributed by atoms with Gasteiger partial charge < -0.3 is 15.2 Å². The van der Waals surface area contributed by atoms with Gasteiger partial charge in [0.15, 0.2) is 5.82 Å². The zero-order valence-corrected chi connectivity index (χ0v) is 10.7. The van der Waals surface area contributed by atoms with Gasteiger partial charge in [0.1, 0.15) is 0 Å². The minimum absolute atomic E-state index is 0.105. The first-order chi connectivity index (χ1) is 9.29. The number of amides is 1. The van der Waals surface area contributed by atoms with Crippen LogP contribution in [0.2, 0.25) is 0 Å². The van der Waals surface area contributed by atoms with Crippen LogP contribution in [-0.2, 0) is 6.42 Å². The topological polar surface area (TPSA) is 80.0 Å². The third-order valence-corrected chi connectivity index (χ3v) is 2.57. The highest BCUT2D eigenvalue weighted by atomic mass is 16.5. The normalized spacial score (nSPS) is 10.2. The van der Waals surface area contributed by atoms with Gasteiger partial charge in [-0.1, -0.05) is 5.16 Å². The van der Waals surface area contributed by atoms with Crippen molar-refractivity contribution in [3.05, 3.63) is 42.0 Å². The van der Waals surface area contributed by atoms with Crippen molar-refractivity contribution in [3.8, 4) is 0 Å². The molecule has 6 heteroatoms. The van der Waals surface area contributed by atoms with Gasteiger partial charge in [0.05, 0.1) is 0 Å². The Hall–Kier alpha value is -2.37. The van der Waals surface area contributed by atoms with E-state index in [9.17, 15) is 4.79 Å². The van der Waals surface area contributed by atoms with E-state index in [1.54, 1.807) is 12.1 Å². The van der Waals surface area contributed by atoms with E-state index in [0.717, 1.165) is 12.2 Å². The molecule has 2 N–H and O–H groups in total. The number of nitrogens with one attached hydrogen (secondary N) is 2. The van der Waals surface area contributed by atoms with Crippen LogP contribution in [0.15, 0.2) is 35.2 Å². The lowest BCUT2D eigenvalue weighted by Gasteiger charge is -2.06. The molecule has 2 aromatic rings. The summed E-state index contributed by atoms with van der Waals surface area (Å²) in [7, 11) is 0. The molecule has 0 aliphatic heterocycles. The average Bonchev–Trinajstić information content (AvgIpc) is 2.93. The Morgan fingerprint density at radius 1 is 1.32 bits per heavy atom. The number of nitrogens with zero attached hydrogens (tertiary/aromatic N) is 2. The van der Waals surface area contributed by atoms with Crippen molar-refractivity contribution in [1.82, 2.24) is 15.5 Å². The molecule has 2 rings (SSSR count). The molecule has 0 aliphatic rings. The quantitative estimate of drug-likeness (QED) is 0.822. The van der Waals surface area contributed by atoms with Crippen molar-refractivity contribution < 1.29 is 9.32 Å². The molecular formula is C13H16N4O2.